The van der Waals surface area contributed by atoms with Crippen LogP contribution in [0.15, 0.2) is 57.5 Å². The highest BCUT2D eigenvalue weighted by atomic mass is 35.5. The van der Waals surface area contributed by atoms with Crippen molar-refractivity contribution in [1.29, 1.82) is 0 Å². The maximum Gasteiger partial charge on any atom is 0.292 e. The lowest BCUT2D eigenvalue weighted by molar-refractivity contribution is -0.384. The van der Waals surface area contributed by atoms with Crippen LogP contribution in [0.4, 0.5) is 17.1 Å². The Balaban J connectivity index is 2.06. The molecular weight excluding hydrogens is 369 g/mol. The van der Waals surface area contributed by atoms with Gasteiger partial charge in [0.1, 0.15) is 5.69 Å². The van der Waals surface area contributed by atoms with Gasteiger partial charge in [-0.25, -0.2) is 0 Å². The minimum atomic E-state index is -0.534. The van der Waals surface area contributed by atoms with Crippen molar-refractivity contribution in [3.05, 3.63) is 73.0 Å². The Labute approximate surface area is 150 Å². The van der Waals surface area contributed by atoms with E-state index in [2.05, 4.69) is 20.4 Å². The summed E-state index contributed by atoms with van der Waals surface area (Å²) in [6.45, 7) is 0. The molecule has 0 amide bonds. The number of nitro benzene ring substituents is 1. The lowest BCUT2D eigenvalue weighted by atomic mass is 10.1. The maximum absolute atomic E-state index is 12.0. The van der Waals surface area contributed by atoms with E-state index in [9.17, 15) is 14.9 Å². The SMILES string of the molecule is O=c1[nH][nH]c(-c2cccc([N+](=O)[O-])c2)c1N=Nc1c(Cl)cccc1Cl. The normalized spacial score (nSPS) is 11.1. The van der Waals surface area contributed by atoms with Crippen LogP contribution in [0, 0.1) is 10.1 Å². The van der Waals surface area contributed by atoms with Crippen molar-refractivity contribution in [1.82, 2.24) is 10.2 Å². The number of hydrogen-bond acceptors (Lipinski definition) is 5. The first-order chi connectivity index (χ1) is 12.0. The van der Waals surface area contributed by atoms with Crippen LogP contribution in [0.5, 0.6) is 0 Å². The highest BCUT2D eigenvalue weighted by molar-refractivity contribution is 6.38. The van der Waals surface area contributed by atoms with Crippen LogP contribution in [0.2, 0.25) is 10.0 Å². The zero-order valence-electron chi connectivity index (χ0n) is 12.4. The van der Waals surface area contributed by atoms with Gasteiger partial charge >= 0.3 is 0 Å². The number of rotatable bonds is 4. The Kier molecular flexibility index (Phi) is 4.64. The molecule has 0 aliphatic heterocycles. The molecule has 0 aliphatic carbocycles. The predicted octanol–water partition coefficient (Wildman–Crippen LogP) is 5.00. The van der Waals surface area contributed by atoms with Crippen molar-refractivity contribution >= 4 is 40.3 Å². The molecule has 10 heteroatoms. The first kappa shape index (κ1) is 16.9. The fraction of sp³-hybridized carbons (Fsp3) is 0. The maximum atomic E-state index is 12.0. The monoisotopic (exact) mass is 377 g/mol. The standard InChI is InChI=1S/C15H9Cl2N5O3/c16-10-5-2-6-11(17)13(10)19-20-14-12(18-21-15(14)23)8-3-1-4-9(7-8)22(24)25/h1-7H,(H2,18,21,23). The van der Waals surface area contributed by atoms with Crippen LogP contribution >= 0.6 is 23.2 Å². The van der Waals surface area contributed by atoms with E-state index in [1.165, 1.54) is 18.2 Å². The van der Waals surface area contributed by atoms with E-state index in [0.717, 1.165) is 0 Å². The summed E-state index contributed by atoms with van der Waals surface area (Å²) in [6, 6.07) is 10.6. The third kappa shape index (κ3) is 3.44. The quantitative estimate of drug-likeness (QED) is 0.378. The van der Waals surface area contributed by atoms with Crippen LogP contribution in [-0.4, -0.2) is 15.1 Å². The van der Waals surface area contributed by atoms with E-state index >= 15 is 0 Å². The molecule has 2 N–H and O–H groups in total. The van der Waals surface area contributed by atoms with Gasteiger partial charge in [0, 0.05) is 17.7 Å². The van der Waals surface area contributed by atoms with E-state index < -0.39 is 10.5 Å². The van der Waals surface area contributed by atoms with Crippen LogP contribution in [-0.2, 0) is 0 Å². The Bertz CT molecular complexity index is 1020. The third-order valence-electron chi connectivity index (χ3n) is 3.29. The number of nitrogens with one attached hydrogen (secondary N) is 2. The zero-order valence-corrected chi connectivity index (χ0v) is 13.9. The van der Waals surface area contributed by atoms with Crippen molar-refractivity contribution in [3.63, 3.8) is 0 Å². The van der Waals surface area contributed by atoms with Crippen molar-refractivity contribution in [3.8, 4) is 11.3 Å². The molecule has 0 fully saturated rings. The number of aromatic nitrogens is 2. The van der Waals surface area contributed by atoms with Crippen LogP contribution in [0.1, 0.15) is 0 Å². The molecule has 0 saturated heterocycles. The number of halogens is 2. The lowest BCUT2D eigenvalue weighted by Gasteiger charge is -2.00. The Hall–Kier alpha value is -2.97. The molecule has 0 radical (unpaired) electrons. The van der Waals surface area contributed by atoms with Crippen molar-refractivity contribution in [2.45, 2.75) is 0 Å². The van der Waals surface area contributed by atoms with E-state index in [4.69, 9.17) is 23.2 Å². The number of nitro groups is 1. The highest BCUT2D eigenvalue weighted by Crippen LogP contribution is 2.35. The molecule has 3 aromatic rings. The summed E-state index contributed by atoms with van der Waals surface area (Å²) in [4.78, 5) is 22.4. The predicted molar refractivity (Wildman–Crippen MR) is 94.1 cm³/mol. The van der Waals surface area contributed by atoms with Gasteiger partial charge in [-0.2, -0.15) is 0 Å². The number of aromatic amines is 2. The fourth-order valence-corrected chi connectivity index (χ4v) is 2.59. The summed E-state index contributed by atoms with van der Waals surface area (Å²) >= 11 is 12.0. The van der Waals surface area contributed by atoms with Gasteiger partial charge in [-0.3, -0.25) is 25.1 Å². The smallest absolute Gasteiger partial charge is 0.292 e. The second-order valence-electron chi connectivity index (χ2n) is 4.88. The molecule has 0 spiro atoms. The van der Waals surface area contributed by atoms with Crippen LogP contribution < -0.4 is 5.56 Å². The Morgan fingerprint density at radius 3 is 2.28 bits per heavy atom. The Morgan fingerprint density at radius 1 is 0.960 bits per heavy atom. The van der Waals surface area contributed by atoms with Gasteiger partial charge in [0.25, 0.3) is 11.2 Å². The molecular formula is C15H9Cl2N5O3. The van der Waals surface area contributed by atoms with Gasteiger partial charge < -0.3 is 0 Å². The molecule has 3 rings (SSSR count). The van der Waals surface area contributed by atoms with Crippen molar-refractivity contribution < 1.29 is 4.92 Å². The summed E-state index contributed by atoms with van der Waals surface area (Å²) < 4.78 is 0. The van der Waals surface area contributed by atoms with E-state index in [0.29, 0.717) is 5.56 Å². The van der Waals surface area contributed by atoms with Gasteiger partial charge in [-0.05, 0) is 12.1 Å². The third-order valence-corrected chi connectivity index (χ3v) is 3.90. The van der Waals surface area contributed by atoms with Crippen molar-refractivity contribution in [2.75, 3.05) is 0 Å². The average Bonchev–Trinajstić information content (AvgIpc) is 2.95. The van der Waals surface area contributed by atoms with Crippen LogP contribution in [0.3, 0.4) is 0 Å². The Morgan fingerprint density at radius 2 is 1.60 bits per heavy atom. The number of hydrogen-bond donors (Lipinski definition) is 2. The van der Waals surface area contributed by atoms with E-state index in [-0.39, 0.29) is 32.8 Å². The van der Waals surface area contributed by atoms with E-state index in [1.807, 2.05) is 0 Å². The topological polar surface area (TPSA) is 117 Å². The number of nitrogens with zero attached hydrogens (tertiary/aromatic N) is 3. The average molecular weight is 378 g/mol. The number of H-pyrrole nitrogens is 2. The molecule has 25 heavy (non-hydrogen) atoms. The summed E-state index contributed by atoms with van der Waals surface area (Å²) in [6.07, 6.45) is 0. The molecule has 0 atom stereocenters. The van der Waals surface area contributed by atoms with Gasteiger partial charge in [0.2, 0.25) is 0 Å². The molecule has 0 aliphatic rings. The number of non-ortho nitro benzene ring substituents is 1. The summed E-state index contributed by atoms with van der Waals surface area (Å²) in [7, 11) is 0. The molecule has 8 nitrogen and oxygen atoms in total. The molecule has 0 saturated carbocycles. The second-order valence-corrected chi connectivity index (χ2v) is 5.69. The lowest BCUT2D eigenvalue weighted by Crippen LogP contribution is -1.96. The van der Waals surface area contributed by atoms with E-state index in [1.54, 1.807) is 24.3 Å². The minimum absolute atomic E-state index is 0.0449. The first-order valence-electron chi connectivity index (χ1n) is 6.88. The fourth-order valence-electron chi connectivity index (χ4n) is 2.12. The summed E-state index contributed by atoms with van der Waals surface area (Å²) in [5.41, 5.74) is 0.199. The summed E-state index contributed by atoms with van der Waals surface area (Å²) in [5.74, 6) is 0. The van der Waals surface area contributed by atoms with Crippen LogP contribution in [0.25, 0.3) is 11.3 Å². The summed E-state index contributed by atoms with van der Waals surface area (Å²) in [5, 5.41) is 24.4. The zero-order chi connectivity index (χ0) is 18.0. The molecule has 126 valence electrons. The molecule has 0 unspecified atom stereocenters. The molecule has 1 aromatic heterocycles. The molecule has 0 bridgehead atoms. The van der Waals surface area contributed by atoms with Crippen molar-refractivity contribution in [2.24, 2.45) is 10.2 Å². The molecule has 2 aromatic carbocycles. The van der Waals surface area contributed by atoms with Gasteiger partial charge in [-0.15, -0.1) is 10.2 Å². The van der Waals surface area contributed by atoms with Gasteiger partial charge in [0.15, 0.2) is 5.69 Å². The largest absolute Gasteiger partial charge is 0.295 e. The highest BCUT2D eigenvalue weighted by Gasteiger charge is 2.15. The first-order valence-corrected chi connectivity index (χ1v) is 7.64. The second kappa shape index (κ2) is 6.88. The van der Waals surface area contributed by atoms with Gasteiger partial charge in [0.05, 0.1) is 20.7 Å². The molecule has 1 heterocycles. The number of azo groups is 1. The minimum Gasteiger partial charge on any atom is -0.295 e. The van der Waals surface area contributed by atoms with Gasteiger partial charge in [-0.1, -0.05) is 41.4 Å². The number of benzene rings is 2.